The molecule has 1 aliphatic carbocycles. The Kier molecular flexibility index (Phi) is 2.83. The second kappa shape index (κ2) is 3.97. The van der Waals surface area contributed by atoms with Gasteiger partial charge in [0.15, 0.2) is 0 Å². The lowest BCUT2D eigenvalue weighted by Gasteiger charge is -2.32. The molecule has 0 spiro atoms. The summed E-state index contributed by atoms with van der Waals surface area (Å²) in [5.41, 5.74) is 0.298. The molecule has 0 radical (unpaired) electrons. The Balaban J connectivity index is 1.98. The highest BCUT2D eigenvalue weighted by molar-refractivity contribution is 4.91. The van der Waals surface area contributed by atoms with Gasteiger partial charge in [-0.25, -0.2) is 4.98 Å². The Hall–Kier alpha value is -0.830. The fraction of sp³-hybridized carbons (Fsp3) is 0.750. The molecule has 84 valence electrons. The van der Waals surface area contributed by atoms with Gasteiger partial charge in [-0.3, -0.25) is 0 Å². The van der Waals surface area contributed by atoms with Gasteiger partial charge in [0.25, 0.3) is 0 Å². The largest absolute Gasteiger partial charge is 0.336 e. The number of aromatic nitrogens is 2. The van der Waals surface area contributed by atoms with Crippen molar-refractivity contribution in [2.75, 3.05) is 0 Å². The highest BCUT2D eigenvalue weighted by Crippen LogP contribution is 2.26. The SMILES string of the molecule is CC(C)(C)C(Cn1ccnc1)NC1CC1. The van der Waals surface area contributed by atoms with Crippen LogP contribution >= 0.6 is 0 Å². The predicted octanol–water partition coefficient (Wildman–Crippen LogP) is 2.05. The van der Waals surface area contributed by atoms with Crippen LogP contribution in [0.3, 0.4) is 0 Å². The zero-order valence-electron chi connectivity index (χ0n) is 9.90. The van der Waals surface area contributed by atoms with Gasteiger partial charge in [0, 0.05) is 31.0 Å². The van der Waals surface area contributed by atoms with E-state index in [1.165, 1.54) is 12.8 Å². The molecule has 3 heteroatoms. The van der Waals surface area contributed by atoms with E-state index >= 15 is 0 Å². The number of hydrogen-bond donors (Lipinski definition) is 1. The molecule has 2 rings (SSSR count). The average molecular weight is 207 g/mol. The minimum absolute atomic E-state index is 0.298. The van der Waals surface area contributed by atoms with Gasteiger partial charge in [-0.05, 0) is 18.3 Å². The maximum absolute atomic E-state index is 4.09. The third-order valence-electron chi connectivity index (χ3n) is 3.01. The van der Waals surface area contributed by atoms with Crippen LogP contribution in [-0.2, 0) is 6.54 Å². The van der Waals surface area contributed by atoms with E-state index in [4.69, 9.17) is 0 Å². The number of hydrogen-bond acceptors (Lipinski definition) is 2. The number of rotatable bonds is 4. The minimum atomic E-state index is 0.298. The third kappa shape index (κ3) is 3.06. The van der Waals surface area contributed by atoms with Crippen molar-refractivity contribution in [3.8, 4) is 0 Å². The van der Waals surface area contributed by atoms with Gasteiger partial charge in [-0.15, -0.1) is 0 Å². The summed E-state index contributed by atoms with van der Waals surface area (Å²) in [6.45, 7) is 7.90. The molecule has 1 saturated carbocycles. The summed E-state index contributed by atoms with van der Waals surface area (Å²) >= 11 is 0. The molecule has 0 bridgehead atoms. The second-order valence-electron chi connectivity index (χ2n) is 5.62. The average Bonchev–Trinajstić information content (AvgIpc) is 2.78. The topological polar surface area (TPSA) is 29.9 Å². The Morgan fingerprint density at radius 3 is 2.67 bits per heavy atom. The molecule has 1 heterocycles. The van der Waals surface area contributed by atoms with E-state index in [1.807, 2.05) is 18.7 Å². The lowest BCUT2D eigenvalue weighted by atomic mass is 9.86. The van der Waals surface area contributed by atoms with Crippen molar-refractivity contribution >= 4 is 0 Å². The summed E-state index contributed by atoms with van der Waals surface area (Å²) in [7, 11) is 0. The van der Waals surface area contributed by atoms with Crippen LogP contribution in [0.1, 0.15) is 33.6 Å². The molecule has 1 aromatic heterocycles. The van der Waals surface area contributed by atoms with Crippen molar-refractivity contribution in [2.45, 2.75) is 52.2 Å². The van der Waals surface area contributed by atoms with E-state index in [0.29, 0.717) is 11.5 Å². The third-order valence-corrected chi connectivity index (χ3v) is 3.01. The molecule has 1 aromatic rings. The van der Waals surface area contributed by atoms with Crippen molar-refractivity contribution in [3.63, 3.8) is 0 Å². The van der Waals surface area contributed by atoms with E-state index in [1.54, 1.807) is 0 Å². The van der Waals surface area contributed by atoms with Crippen LogP contribution < -0.4 is 5.32 Å². The lowest BCUT2D eigenvalue weighted by Crippen LogP contribution is -2.44. The van der Waals surface area contributed by atoms with Crippen LogP contribution in [0.2, 0.25) is 0 Å². The highest BCUT2D eigenvalue weighted by Gasteiger charge is 2.31. The van der Waals surface area contributed by atoms with Gasteiger partial charge < -0.3 is 9.88 Å². The predicted molar refractivity (Wildman–Crippen MR) is 61.6 cm³/mol. The number of nitrogens with zero attached hydrogens (tertiary/aromatic N) is 2. The Bertz CT molecular complexity index is 293. The molecular formula is C12H21N3. The summed E-state index contributed by atoms with van der Waals surface area (Å²) in [6.07, 6.45) is 8.46. The lowest BCUT2D eigenvalue weighted by molar-refractivity contribution is 0.239. The molecule has 0 saturated heterocycles. The Labute approximate surface area is 91.9 Å². The fourth-order valence-corrected chi connectivity index (χ4v) is 1.72. The van der Waals surface area contributed by atoms with Crippen molar-refractivity contribution in [1.82, 2.24) is 14.9 Å². The molecular weight excluding hydrogens is 186 g/mol. The Morgan fingerprint density at radius 1 is 1.47 bits per heavy atom. The van der Waals surface area contributed by atoms with Crippen molar-refractivity contribution in [3.05, 3.63) is 18.7 Å². The normalized spacial score (nSPS) is 19.1. The zero-order valence-corrected chi connectivity index (χ0v) is 9.90. The zero-order chi connectivity index (χ0) is 10.9. The summed E-state index contributed by atoms with van der Waals surface area (Å²) < 4.78 is 2.16. The molecule has 0 aliphatic heterocycles. The molecule has 1 fully saturated rings. The summed E-state index contributed by atoms with van der Waals surface area (Å²) in [6, 6.07) is 1.29. The van der Waals surface area contributed by atoms with Crippen molar-refractivity contribution in [2.24, 2.45) is 5.41 Å². The van der Waals surface area contributed by atoms with Crippen LogP contribution in [0, 0.1) is 5.41 Å². The van der Waals surface area contributed by atoms with Crippen LogP contribution in [0.5, 0.6) is 0 Å². The highest BCUT2D eigenvalue weighted by atomic mass is 15.1. The maximum atomic E-state index is 4.09. The van der Waals surface area contributed by atoms with E-state index < -0.39 is 0 Å². The van der Waals surface area contributed by atoms with Gasteiger partial charge in [-0.1, -0.05) is 20.8 Å². The first-order chi connectivity index (χ1) is 7.05. The van der Waals surface area contributed by atoms with Gasteiger partial charge in [0.05, 0.1) is 6.33 Å². The first kappa shape index (κ1) is 10.7. The molecule has 1 unspecified atom stereocenters. The molecule has 0 amide bonds. The van der Waals surface area contributed by atoms with E-state index in [-0.39, 0.29) is 0 Å². The van der Waals surface area contributed by atoms with Crippen LogP contribution in [0.15, 0.2) is 18.7 Å². The second-order valence-corrected chi connectivity index (χ2v) is 5.62. The Morgan fingerprint density at radius 2 is 2.20 bits per heavy atom. The van der Waals surface area contributed by atoms with Crippen molar-refractivity contribution < 1.29 is 0 Å². The first-order valence-electron chi connectivity index (χ1n) is 5.77. The summed E-state index contributed by atoms with van der Waals surface area (Å²) in [5, 5.41) is 3.72. The molecule has 1 atom stereocenters. The monoisotopic (exact) mass is 207 g/mol. The molecule has 1 N–H and O–H groups in total. The molecule has 0 aromatic carbocycles. The number of nitrogens with one attached hydrogen (secondary N) is 1. The van der Waals surface area contributed by atoms with E-state index in [9.17, 15) is 0 Å². The van der Waals surface area contributed by atoms with E-state index in [2.05, 4.69) is 35.6 Å². The molecule has 3 nitrogen and oxygen atoms in total. The van der Waals surface area contributed by atoms with Gasteiger partial charge in [-0.2, -0.15) is 0 Å². The molecule has 15 heavy (non-hydrogen) atoms. The first-order valence-corrected chi connectivity index (χ1v) is 5.77. The smallest absolute Gasteiger partial charge is 0.0946 e. The van der Waals surface area contributed by atoms with Crippen molar-refractivity contribution in [1.29, 1.82) is 0 Å². The minimum Gasteiger partial charge on any atom is -0.336 e. The van der Waals surface area contributed by atoms with Gasteiger partial charge in [0.2, 0.25) is 0 Å². The van der Waals surface area contributed by atoms with Gasteiger partial charge >= 0.3 is 0 Å². The fourth-order valence-electron chi connectivity index (χ4n) is 1.72. The van der Waals surface area contributed by atoms with Crippen LogP contribution in [-0.4, -0.2) is 21.6 Å². The van der Waals surface area contributed by atoms with E-state index in [0.717, 1.165) is 12.6 Å². The summed E-state index contributed by atoms with van der Waals surface area (Å²) in [4.78, 5) is 4.09. The van der Waals surface area contributed by atoms with Crippen LogP contribution in [0.25, 0.3) is 0 Å². The standard InChI is InChI=1S/C12H21N3/c1-12(2,3)11(14-10-4-5-10)8-15-7-6-13-9-15/h6-7,9-11,14H,4-5,8H2,1-3H3. The van der Waals surface area contributed by atoms with Gasteiger partial charge in [0.1, 0.15) is 0 Å². The summed E-state index contributed by atoms with van der Waals surface area (Å²) in [5.74, 6) is 0. The molecule has 1 aliphatic rings. The number of imidazole rings is 1. The van der Waals surface area contributed by atoms with Crippen LogP contribution in [0.4, 0.5) is 0 Å². The maximum Gasteiger partial charge on any atom is 0.0946 e. The quantitative estimate of drug-likeness (QED) is 0.819.